The van der Waals surface area contributed by atoms with Crippen molar-refractivity contribution >= 4 is 11.4 Å². The van der Waals surface area contributed by atoms with Crippen LogP contribution in [-0.2, 0) is 0 Å². The second kappa shape index (κ2) is 7.16. The van der Waals surface area contributed by atoms with Gasteiger partial charge in [-0.1, -0.05) is 6.07 Å². The molecule has 0 aliphatic heterocycles. The molecule has 0 spiro atoms. The minimum absolute atomic E-state index is 0.274. The number of rotatable bonds is 2. The van der Waals surface area contributed by atoms with Gasteiger partial charge in [-0.2, -0.15) is 0 Å². The maximum Gasteiger partial charge on any atom is 0.276 e. The maximum absolute atomic E-state index is 10.2. The van der Waals surface area contributed by atoms with Crippen LogP contribution in [0.25, 0.3) is 0 Å². The van der Waals surface area contributed by atoms with Crippen LogP contribution in [0, 0.1) is 41.0 Å². The first-order valence-corrected chi connectivity index (χ1v) is 6.38. The summed E-state index contributed by atoms with van der Waals surface area (Å²) in [7, 11) is 0. The van der Waals surface area contributed by atoms with Gasteiger partial charge in [0.1, 0.15) is 5.75 Å². The van der Waals surface area contributed by atoms with Gasteiger partial charge in [-0.3, -0.25) is 20.2 Å². The lowest BCUT2D eigenvalue weighted by molar-refractivity contribution is -0.394. The Morgan fingerprint density at radius 3 is 1.82 bits per heavy atom. The number of non-ortho nitro benzene ring substituents is 2. The van der Waals surface area contributed by atoms with Crippen molar-refractivity contribution in [2.75, 3.05) is 0 Å². The smallest absolute Gasteiger partial charge is 0.276 e. The molecular weight excluding hydrogens is 288 g/mol. The molecule has 2 aromatic carbocycles. The monoisotopic (exact) mass is 304 g/mol. The van der Waals surface area contributed by atoms with Crippen LogP contribution in [0.2, 0.25) is 0 Å². The fourth-order valence-electron chi connectivity index (χ4n) is 1.74. The van der Waals surface area contributed by atoms with E-state index in [1.165, 1.54) is 18.2 Å². The summed E-state index contributed by atoms with van der Waals surface area (Å²) >= 11 is 0. The van der Waals surface area contributed by atoms with Crippen LogP contribution < -0.4 is 0 Å². The van der Waals surface area contributed by atoms with Gasteiger partial charge in [0.2, 0.25) is 0 Å². The third-order valence-corrected chi connectivity index (χ3v) is 3.04. The van der Waals surface area contributed by atoms with E-state index in [9.17, 15) is 25.3 Å². The molecule has 0 aliphatic rings. The molecule has 0 saturated carbocycles. The van der Waals surface area contributed by atoms with Crippen molar-refractivity contribution < 1.29 is 15.0 Å². The van der Waals surface area contributed by atoms with E-state index in [-0.39, 0.29) is 11.4 Å². The number of phenolic OH excluding ortho intramolecular Hbond substituents is 1. The predicted molar refractivity (Wildman–Crippen MR) is 82.1 cm³/mol. The number of phenols is 1. The summed E-state index contributed by atoms with van der Waals surface area (Å²) in [6.45, 7) is 5.90. The molecule has 0 aromatic heterocycles. The highest BCUT2D eigenvalue weighted by Crippen LogP contribution is 2.21. The number of hydrogen-bond acceptors (Lipinski definition) is 5. The second-order valence-corrected chi connectivity index (χ2v) is 4.76. The number of aromatic hydroxyl groups is 1. The molecule has 0 atom stereocenters. The van der Waals surface area contributed by atoms with Crippen LogP contribution in [0.4, 0.5) is 11.4 Å². The van der Waals surface area contributed by atoms with Gasteiger partial charge in [-0.25, -0.2) is 0 Å². The summed E-state index contributed by atoms with van der Waals surface area (Å²) in [6, 6.07) is 8.44. The third kappa shape index (κ3) is 4.55. The molecule has 2 rings (SSSR count). The number of nitrogens with zero attached hydrogens (tertiary/aromatic N) is 2. The average Bonchev–Trinajstić information content (AvgIpc) is 2.45. The Morgan fingerprint density at radius 2 is 1.41 bits per heavy atom. The van der Waals surface area contributed by atoms with Crippen molar-refractivity contribution in [1.82, 2.24) is 0 Å². The summed E-state index contributed by atoms with van der Waals surface area (Å²) in [5, 5.41) is 29.6. The van der Waals surface area contributed by atoms with E-state index in [2.05, 4.69) is 6.07 Å². The molecule has 1 N–H and O–H groups in total. The van der Waals surface area contributed by atoms with Crippen LogP contribution in [0.3, 0.4) is 0 Å². The van der Waals surface area contributed by atoms with Gasteiger partial charge < -0.3 is 5.11 Å². The second-order valence-electron chi connectivity index (χ2n) is 4.76. The van der Waals surface area contributed by atoms with E-state index in [0.717, 1.165) is 22.8 Å². The van der Waals surface area contributed by atoms with Gasteiger partial charge in [-0.05, 0) is 49.6 Å². The number of benzene rings is 2. The molecule has 0 aliphatic carbocycles. The van der Waals surface area contributed by atoms with Crippen LogP contribution in [0.1, 0.15) is 16.7 Å². The lowest BCUT2D eigenvalue weighted by atomic mass is 10.1. The van der Waals surface area contributed by atoms with Crippen LogP contribution in [0.15, 0.2) is 36.4 Å². The molecule has 0 saturated heterocycles. The quantitative estimate of drug-likeness (QED) is 0.670. The first-order chi connectivity index (χ1) is 10.2. The van der Waals surface area contributed by atoms with Gasteiger partial charge in [0.25, 0.3) is 11.4 Å². The van der Waals surface area contributed by atoms with Crippen molar-refractivity contribution in [2.24, 2.45) is 0 Å². The molecule has 22 heavy (non-hydrogen) atoms. The van der Waals surface area contributed by atoms with E-state index >= 15 is 0 Å². The minimum Gasteiger partial charge on any atom is -0.508 e. The molecule has 0 amide bonds. The fourth-order valence-corrected chi connectivity index (χ4v) is 1.74. The Labute approximate surface area is 127 Å². The van der Waals surface area contributed by atoms with Crippen molar-refractivity contribution in [3.05, 3.63) is 73.3 Å². The van der Waals surface area contributed by atoms with Crippen molar-refractivity contribution in [1.29, 1.82) is 0 Å². The zero-order valence-electron chi connectivity index (χ0n) is 12.4. The van der Waals surface area contributed by atoms with Gasteiger partial charge in [0, 0.05) is 12.1 Å². The summed E-state index contributed by atoms with van der Waals surface area (Å²) < 4.78 is 0. The van der Waals surface area contributed by atoms with E-state index < -0.39 is 9.85 Å². The molecule has 0 heterocycles. The molecule has 7 heteroatoms. The zero-order chi connectivity index (χ0) is 16.9. The van der Waals surface area contributed by atoms with Gasteiger partial charge in [0.15, 0.2) is 0 Å². The Bertz CT molecular complexity index is 661. The number of hydrogen-bond donors (Lipinski definition) is 1. The highest BCUT2D eigenvalue weighted by molar-refractivity contribution is 5.42. The molecule has 0 fully saturated rings. The van der Waals surface area contributed by atoms with Gasteiger partial charge in [-0.15, -0.1) is 0 Å². The van der Waals surface area contributed by atoms with E-state index in [1.54, 1.807) is 6.07 Å². The fraction of sp³-hybridized carbons (Fsp3) is 0.200. The molecule has 0 unspecified atom stereocenters. The van der Waals surface area contributed by atoms with Crippen molar-refractivity contribution in [2.45, 2.75) is 20.8 Å². The Morgan fingerprint density at radius 1 is 0.909 bits per heavy atom. The minimum atomic E-state index is -0.674. The summed E-state index contributed by atoms with van der Waals surface area (Å²) in [5.74, 6) is 0.400. The molecular formula is C15H16N2O5. The van der Waals surface area contributed by atoms with Crippen LogP contribution in [0.5, 0.6) is 5.75 Å². The highest BCUT2D eigenvalue weighted by atomic mass is 16.6. The highest BCUT2D eigenvalue weighted by Gasteiger charge is 2.11. The maximum atomic E-state index is 10.2. The lowest BCUT2D eigenvalue weighted by Gasteiger charge is -2.03. The summed E-state index contributed by atoms with van der Waals surface area (Å²) in [5.41, 5.74) is 2.69. The molecule has 7 nitrogen and oxygen atoms in total. The molecule has 0 bridgehead atoms. The first-order valence-electron chi connectivity index (χ1n) is 6.38. The summed E-state index contributed by atoms with van der Waals surface area (Å²) in [4.78, 5) is 19.0. The van der Waals surface area contributed by atoms with Crippen molar-refractivity contribution in [3.8, 4) is 5.75 Å². The Balaban J connectivity index is 0.000000224. The Kier molecular flexibility index (Phi) is 5.57. The molecule has 0 radical (unpaired) electrons. The molecule has 2 aromatic rings. The van der Waals surface area contributed by atoms with E-state index in [4.69, 9.17) is 0 Å². The third-order valence-electron chi connectivity index (χ3n) is 3.04. The first kappa shape index (κ1) is 17.1. The van der Waals surface area contributed by atoms with Gasteiger partial charge in [0.05, 0.1) is 15.9 Å². The van der Waals surface area contributed by atoms with E-state index in [1.807, 2.05) is 20.8 Å². The van der Waals surface area contributed by atoms with Gasteiger partial charge >= 0.3 is 0 Å². The summed E-state index contributed by atoms with van der Waals surface area (Å²) in [6.07, 6.45) is 0. The number of nitro groups is 2. The topological polar surface area (TPSA) is 107 Å². The number of aryl methyl sites for hydroxylation is 2. The largest absolute Gasteiger partial charge is 0.508 e. The predicted octanol–water partition coefficient (Wildman–Crippen LogP) is 3.82. The number of nitro benzene ring substituents is 2. The standard InChI is InChI=1S/C9H12O.C6H4N2O4/c1-6-4-7(2)8(3)9(10)5-6;9-7(10)5-2-1-3-6(4-5)8(11)12/h4-5,10H,1-3H3;1-4H. The lowest BCUT2D eigenvalue weighted by Crippen LogP contribution is -1.91. The SMILES string of the molecule is Cc1cc(C)c(C)c(O)c1.O=[N+]([O-])c1cccc([N+](=O)[O-])c1. The van der Waals surface area contributed by atoms with Crippen molar-refractivity contribution in [3.63, 3.8) is 0 Å². The average molecular weight is 304 g/mol. The van der Waals surface area contributed by atoms with E-state index in [0.29, 0.717) is 5.75 Å². The Hall–Kier alpha value is -2.96. The normalized spacial score (nSPS) is 9.59. The van der Waals surface area contributed by atoms with Crippen LogP contribution >= 0.6 is 0 Å². The van der Waals surface area contributed by atoms with Crippen LogP contribution in [-0.4, -0.2) is 15.0 Å². The zero-order valence-corrected chi connectivity index (χ0v) is 12.4. The molecule has 116 valence electrons.